The number of aromatic nitrogens is 1. The monoisotopic (exact) mass is 356 g/mol. The molecule has 0 spiro atoms. The molecule has 0 aliphatic heterocycles. The van der Waals surface area contributed by atoms with Gasteiger partial charge < -0.3 is 9.84 Å². The van der Waals surface area contributed by atoms with Gasteiger partial charge in [0, 0.05) is 0 Å². The summed E-state index contributed by atoms with van der Waals surface area (Å²) >= 11 is 7.49. The summed E-state index contributed by atoms with van der Waals surface area (Å²) in [6.45, 7) is 2.22. The molecule has 1 aromatic heterocycles. The maximum Gasteiger partial charge on any atom is 0.176 e. The first-order valence-electron chi connectivity index (χ1n) is 7.25. The van der Waals surface area contributed by atoms with Gasteiger partial charge in [-0.1, -0.05) is 23.7 Å². The Morgan fingerprint density at radius 3 is 2.92 bits per heavy atom. The maximum absolute atomic E-state index is 9.90. The van der Waals surface area contributed by atoms with Crippen LogP contribution in [0.5, 0.6) is 11.5 Å². The molecule has 3 rings (SSSR count). The van der Waals surface area contributed by atoms with Crippen molar-refractivity contribution >= 4 is 44.8 Å². The summed E-state index contributed by atoms with van der Waals surface area (Å²) in [6.07, 6.45) is 1.69. The Labute approximate surface area is 148 Å². The van der Waals surface area contributed by atoms with Gasteiger partial charge >= 0.3 is 0 Å². The first kappa shape index (κ1) is 16.3. The number of fused-ring (bicyclic) bond motifs is 1. The van der Waals surface area contributed by atoms with Gasteiger partial charge in [-0.2, -0.15) is 5.26 Å². The molecule has 2 aromatic carbocycles. The van der Waals surface area contributed by atoms with Gasteiger partial charge in [0.2, 0.25) is 0 Å². The van der Waals surface area contributed by atoms with E-state index in [0.29, 0.717) is 22.8 Å². The molecule has 0 saturated carbocycles. The van der Waals surface area contributed by atoms with Crippen molar-refractivity contribution in [2.75, 3.05) is 6.61 Å². The smallest absolute Gasteiger partial charge is 0.176 e. The molecule has 1 heterocycles. The summed E-state index contributed by atoms with van der Waals surface area (Å²) in [4.78, 5) is 4.49. The Kier molecular flexibility index (Phi) is 4.70. The Balaban J connectivity index is 2.06. The second-order valence-corrected chi connectivity index (χ2v) is 6.38. The van der Waals surface area contributed by atoms with Gasteiger partial charge in [0.05, 0.1) is 27.4 Å². The molecule has 0 atom stereocenters. The number of allylic oxidation sites excluding steroid dienone is 1. The molecule has 120 valence electrons. The summed E-state index contributed by atoms with van der Waals surface area (Å²) in [5, 5.41) is 20.2. The number of benzene rings is 2. The van der Waals surface area contributed by atoms with E-state index in [1.54, 1.807) is 18.2 Å². The van der Waals surface area contributed by atoms with E-state index in [4.69, 9.17) is 16.3 Å². The van der Waals surface area contributed by atoms with Crippen molar-refractivity contribution in [2.24, 2.45) is 0 Å². The molecule has 0 aliphatic carbocycles. The molecule has 0 bridgehead atoms. The zero-order valence-electron chi connectivity index (χ0n) is 12.8. The lowest BCUT2D eigenvalue weighted by atomic mass is 10.1. The van der Waals surface area contributed by atoms with Crippen LogP contribution in [-0.4, -0.2) is 16.7 Å². The van der Waals surface area contributed by atoms with Gasteiger partial charge in [0.1, 0.15) is 11.1 Å². The van der Waals surface area contributed by atoms with Gasteiger partial charge in [-0.3, -0.25) is 0 Å². The quantitative estimate of drug-likeness (QED) is 0.659. The van der Waals surface area contributed by atoms with Crippen LogP contribution in [0.2, 0.25) is 5.02 Å². The van der Waals surface area contributed by atoms with Crippen LogP contribution in [0.1, 0.15) is 17.5 Å². The van der Waals surface area contributed by atoms with Crippen LogP contribution >= 0.6 is 22.9 Å². The van der Waals surface area contributed by atoms with E-state index in [0.717, 1.165) is 10.2 Å². The summed E-state index contributed by atoms with van der Waals surface area (Å²) < 4.78 is 6.39. The normalized spacial score (nSPS) is 11.5. The number of hydrogen-bond donors (Lipinski definition) is 1. The molecule has 0 radical (unpaired) electrons. The number of aromatic hydroxyl groups is 1. The number of thiazole rings is 1. The standard InChI is InChI=1S/C18H13ClN2O2S/c1-2-23-15-9-11(8-13(19)17(15)22)7-12(10-20)18-21-14-5-3-4-6-16(14)24-18/h3-9,22H,2H2,1H3. The predicted molar refractivity (Wildman–Crippen MR) is 97.4 cm³/mol. The molecule has 24 heavy (non-hydrogen) atoms. The minimum absolute atomic E-state index is 0.103. The van der Waals surface area contributed by atoms with Gasteiger partial charge in [-0.25, -0.2) is 4.98 Å². The number of para-hydroxylation sites is 1. The average Bonchev–Trinajstić information content (AvgIpc) is 3.01. The first-order valence-corrected chi connectivity index (χ1v) is 8.45. The molecule has 0 fully saturated rings. The van der Waals surface area contributed by atoms with Crippen LogP contribution in [0.4, 0.5) is 0 Å². The fourth-order valence-corrected chi connectivity index (χ4v) is 3.39. The lowest BCUT2D eigenvalue weighted by Crippen LogP contribution is -1.93. The molecule has 1 N–H and O–H groups in total. The van der Waals surface area contributed by atoms with Gasteiger partial charge in [0.25, 0.3) is 0 Å². The van der Waals surface area contributed by atoms with Crippen molar-refractivity contribution in [3.63, 3.8) is 0 Å². The van der Waals surface area contributed by atoms with E-state index in [2.05, 4.69) is 11.1 Å². The summed E-state index contributed by atoms with van der Waals surface area (Å²) in [7, 11) is 0. The number of ether oxygens (including phenoxy) is 1. The van der Waals surface area contributed by atoms with Crippen LogP contribution < -0.4 is 4.74 Å². The van der Waals surface area contributed by atoms with Gasteiger partial charge in [0.15, 0.2) is 11.5 Å². The number of phenolic OH excluding ortho intramolecular Hbond substituents is 1. The van der Waals surface area contributed by atoms with E-state index in [9.17, 15) is 10.4 Å². The molecular weight excluding hydrogens is 344 g/mol. The third kappa shape index (κ3) is 3.21. The highest BCUT2D eigenvalue weighted by Gasteiger charge is 2.12. The second-order valence-electron chi connectivity index (χ2n) is 4.94. The Bertz CT molecular complexity index is 940. The predicted octanol–water partition coefficient (Wildman–Crippen LogP) is 5.12. The SMILES string of the molecule is CCOc1cc(C=C(C#N)c2nc3ccccc3s2)cc(Cl)c1O. The van der Waals surface area contributed by atoms with Crippen molar-refractivity contribution < 1.29 is 9.84 Å². The second kappa shape index (κ2) is 6.91. The average molecular weight is 357 g/mol. The summed E-state index contributed by atoms with van der Waals surface area (Å²) in [5.41, 5.74) is 1.95. The Morgan fingerprint density at radius 2 is 2.21 bits per heavy atom. The number of rotatable bonds is 4. The molecule has 4 nitrogen and oxygen atoms in total. The van der Waals surface area contributed by atoms with Crippen LogP contribution in [0.3, 0.4) is 0 Å². The largest absolute Gasteiger partial charge is 0.503 e. The van der Waals surface area contributed by atoms with Gasteiger partial charge in [-0.05, 0) is 42.8 Å². The van der Waals surface area contributed by atoms with E-state index >= 15 is 0 Å². The molecular formula is C18H13ClN2O2S. The van der Waals surface area contributed by atoms with Gasteiger partial charge in [-0.15, -0.1) is 11.3 Å². The zero-order chi connectivity index (χ0) is 17.1. The maximum atomic E-state index is 9.90. The third-order valence-electron chi connectivity index (χ3n) is 3.31. The molecule has 0 unspecified atom stereocenters. The van der Waals surface area contributed by atoms with E-state index in [1.807, 2.05) is 31.2 Å². The van der Waals surface area contributed by atoms with Crippen LogP contribution in [0, 0.1) is 11.3 Å². The van der Waals surface area contributed by atoms with Crippen LogP contribution in [0.25, 0.3) is 21.9 Å². The minimum Gasteiger partial charge on any atom is -0.503 e. The van der Waals surface area contributed by atoms with E-state index < -0.39 is 0 Å². The first-order chi connectivity index (χ1) is 11.6. The van der Waals surface area contributed by atoms with Crippen molar-refractivity contribution in [1.29, 1.82) is 5.26 Å². The van der Waals surface area contributed by atoms with Crippen molar-refractivity contribution in [1.82, 2.24) is 4.98 Å². The lowest BCUT2D eigenvalue weighted by molar-refractivity contribution is 0.318. The number of phenols is 1. The minimum atomic E-state index is -0.103. The Morgan fingerprint density at radius 1 is 1.42 bits per heavy atom. The van der Waals surface area contributed by atoms with Crippen LogP contribution in [0.15, 0.2) is 36.4 Å². The molecule has 0 aliphatic rings. The van der Waals surface area contributed by atoms with Crippen LogP contribution in [-0.2, 0) is 0 Å². The van der Waals surface area contributed by atoms with E-state index in [1.165, 1.54) is 11.3 Å². The van der Waals surface area contributed by atoms with Crippen molar-refractivity contribution in [3.8, 4) is 17.6 Å². The summed E-state index contributed by atoms with van der Waals surface area (Å²) in [6, 6.07) is 13.1. The Hall–Kier alpha value is -2.55. The fraction of sp³-hybridized carbons (Fsp3) is 0.111. The van der Waals surface area contributed by atoms with Crippen molar-refractivity contribution in [2.45, 2.75) is 6.92 Å². The lowest BCUT2D eigenvalue weighted by Gasteiger charge is -2.08. The third-order valence-corrected chi connectivity index (χ3v) is 4.66. The topological polar surface area (TPSA) is 66.1 Å². The molecule has 3 aromatic rings. The van der Waals surface area contributed by atoms with Crippen molar-refractivity contribution in [3.05, 3.63) is 52.0 Å². The molecule has 0 amide bonds. The number of nitrogens with zero attached hydrogens (tertiary/aromatic N) is 2. The zero-order valence-corrected chi connectivity index (χ0v) is 14.4. The number of hydrogen-bond acceptors (Lipinski definition) is 5. The highest BCUT2D eigenvalue weighted by molar-refractivity contribution is 7.19. The van der Waals surface area contributed by atoms with E-state index in [-0.39, 0.29) is 16.5 Å². The highest BCUT2D eigenvalue weighted by Crippen LogP contribution is 2.36. The number of nitriles is 1. The molecule has 6 heteroatoms. The highest BCUT2D eigenvalue weighted by atomic mass is 35.5. The number of halogens is 1. The summed E-state index contributed by atoms with van der Waals surface area (Å²) in [5.74, 6) is 0.187. The fourth-order valence-electron chi connectivity index (χ4n) is 2.24. The molecule has 0 saturated heterocycles.